The molecular formula is C21H21FN2O3. The molecule has 2 heterocycles. The van der Waals surface area contributed by atoms with Gasteiger partial charge in [-0.05, 0) is 37.0 Å². The molecule has 0 radical (unpaired) electrons. The molecule has 6 heteroatoms. The van der Waals surface area contributed by atoms with Crippen molar-refractivity contribution in [3.63, 3.8) is 0 Å². The number of fused-ring (bicyclic) bond motifs is 1. The molecule has 140 valence electrons. The summed E-state index contributed by atoms with van der Waals surface area (Å²) in [6.07, 6.45) is 1.92. The quantitative estimate of drug-likeness (QED) is 0.886. The number of rotatable bonds is 2. The maximum absolute atomic E-state index is 15.5. The second-order valence-corrected chi connectivity index (χ2v) is 7.44. The molecular weight excluding hydrogens is 347 g/mol. The Morgan fingerprint density at radius 3 is 2.78 bits per heavy atom. The van der Waals surface area contributed by atoms with Crippen molar-refractivity contribution in [2.45, 2.75) is 38.3 Å². The van der Waals surface area contributed by atoms with E-state index in [0.29, 0.717) is 36.1 Å². The maximum atomic E-state index is 15.5. The molecule has 1 aliphatic heterocycles. The van der Waals surface area contributed by atoms with Gasteiger partial charge in [0.2, 0.25) is 0 Å². The summed E-state index contributed by atoms with van der Waals surface area (Å²) in [7, 11) is 0. The van der Waals surface area contributed by atoms with Crippen molar-refractivity contribution in [1.29, 1.82) is 0 Å². The molecule has 1 saturated heterocycles. The van der Waals surface area contributed by atoms with E-state index in [2.05, 4.69) is 4.98 Å². The van der Waals surface area contributed by atoms with Gasteiger partial charge in [0.15, 0.2) is 11.5 Å². The second-order valence-electron chi connectivity index (χ2n) is 7.44. The van der Waals surface area contributed by atoms with E-state index in [1.807, 2.05) is 19.1 Å². The van der Waals surface area contributed by atoms with E-state index in [4.69, 9.17) is 0 Å². The van der Waals surface area contributed by atoms with Gasteiger partial charge in [0.25, 0.3) is 11.5 Å². The number of pyridine rings is 1. The van der Waals surface area contributed by atoms with Crippen LogP contribution in [0.25, 0.3) is 0 Å². The minimum atomic E-state index is -1.63. The Morgan fingerprint density at radius 2 is 2.00 bits per heavy atom. The molecule has 27 heavy (non-hydrogen) atoms. The predicted molar refractivity (Wildman–Crippen MR) is 98.8 cm³/mol. The number of hydrogen-bond acceptors (Lipinski definition) is 3. The van der Waals surface area contributed by atoms with E-state index >= 15 is 4.39 Å². The highest BCUT2D eigenvalue weighted by Gasteiger charge is 2.43. The molecule has 5 nitrogen and oxygen atoms in total. The fourth-order valence-corrected chi connectivity index (χ4v) is 4.15. The number of aromatic amines is 1. The average Bonchev–Trinajstić information content (AvgIpc) is 3.04. The highest BCUT2D eigenvalue weighted by Crippen LogP contribution is 2.38. The summed E-state index contributed by atoms with van der Waals surface area (Å²) < 4.78 is 15.5. The summed E-state index contributed by atoms with van der Waals surface area (Å²) in [5.74, 6) is -0.590. The Hall–Kier alpha value is -2.76. The van der Waals surface area contributed by atoms with Crippen LogP contribution in [0.5, 0.6) is 0 Å². The molecule has 0 bridgehead atoms. The minimum absolute atomic E-state index is 0.0669. The number of H-pyrrole nitrogens is 1. The molecule has 1 aromatic heterocycles. The van der Waals surface area contributed by atoms with Crippen LogP contribution < -0.4 is 5.56 Å². The molecule has 1 aromatic carbocycles. The van der Waals surface area contributed by atoms with Crippen molar-refractivity contribution in [2.24, 2.45) is 0 Å². The lowest BCUT2D eigenvalue weighted by Crippen LogP contribution is -2.36. The number of ketones is 1. The van der Waals surface area contributed by atoms with Gasteiger partial charge in [-0.2, -0.15) is 0 Å². The molecule has 0 spiro atoms. The summed E-state index contributed by atoms with van der Waals surface area (Å²) in [6.45, 7) is 1.98. The summed E-state index contributed by atoms with van der Waals surface area (Å²) in [4.78, 5) is 41.4. The Kier molecular flexibility index (Phi) is 4.21. The van der Waals surface area contributed by atoms with Crippen LogP contribution in [-0.2, 0) is 12.1 Å². The zero-order valence-corrected chi connectivity index (χ0v) is 15.2. The van der Waals surface area contributed by atoms with Crippen molar-refractivity contribution in [3.8, 4) is 0 Å². The fourth-order valence-electron chi connectivity index (χ4n) is 4.15. The van der Waals surface area contributed by atoms with E-state index in [0.717, 1.165) is 5.56 Å². The van der Waals surface area contributed by atoms with Crippen LogP contribution in [0.3, 0.4) is 0 Å². The van der Waals surface area contributed by atoms with Crippen LogP contribution in [0.4, 0.5) is 4.39 Å². The third-order valence-corrected chi connectivity index (χ3v) is 5.62. The second kappa shape index (κ2) is 6.44. The lowest BCUT2D eigenvalue weighted by molar-refractivity contribution is 0.0748. The summed E-state index contributed by atoms with van der Waals surface area (Å²) in [5.41, 5.74) is 0.195. The summed E-state index contributed by atoms with van der Waals surface area (Å²) in [5, 5.41) is 0. The van der Waals surface area contributed by atoms with Crippen LogP contribution >= 0.6 is 0 Å². The number of carbonyl (C=O) groups excluding carboxylic acids is 2. The molecule has 2 aromatic rings. The van der Waals surface area contributed by atoms with E-state index < -0.39 is 17.1 Å². The van der Waals surface area contributed by atoms with Gasteiger partial charge in [-0.15, -0.1) is 0 Å². The molecule has 1 N–H and O–H groups in total. The number of nitrogens with one attached hydrogen (secondary N) is 1. The number of hydrogen-bond donors (Lipinski definition) is 1. The average molecular weight is 368 g/mol. The van der Waals surface area contributed by atoms with Crippen LogP contribution in [0.2, 0.25) is 0 Å². The highest BCUT2D eigenvalue weighted by molar-refractivity contribution is 6.01. The van der Waals surface area contributed by atoms with Crippen molar-refractivity contribution >= 4 is 11.7 Å². The number of halogens is 1. The van der Waals surface area contributed by atoms with Gasteiger partial charge in [-0.1, -0.05) is 24.3 Å². The van der Waals surface area contributed by atoms with Crippen LogP contribution in [0.15, 0.2) is 35.1 Å². The van der Waals surface area contributed by atoms with Crippen LogP contribution in [0, 0.1) is 6.92 Å². The third kappa shape index (κ3) is 2.99. The normalized spacial score (nSPS) is 22.0. The zero-order valence-electron chi connectivity index (χ0n) is 15.2. The Balaban J connectivity index is 1.63. The molecule has 1 fully saturated rings. The van der Waals surface area contributed by atoms with Gasteiger partial charge in [0, 0.05) is 30.6 Å². The zero-order chi connectivity index (χ0) is 19.2. The number of benzene rings is 1. The van der Waals surface area contributed by atoms with Gasteiger partial charge < -0.3 is 9.88 Å². The van der Waals surface area contributed by atoms with Gasteiger partial charge in [-0.25, -0.2) is 4.39 Å². The van der Waals surface area contributed by atoms with Crippen molar-refractivity contribution in [2.75, 3.05) is 13.1 Å². The number of nitrogens with zero attached hydrogens (tertiary/aromatic N) is 1. The summed E-state index contributed by atoms with van der Waals surface area (Å²) >= 11 is 0. The fraction of sp³-hybridized carbons (Fsp3) is 0.381. The first kappa shape index (κ1) is 17.6. The number of likely N-dealkylation sites (tertiary alicyclic amines) is 1. The standard InChI is InChI=1S/C21H21FN2O3/c1-13-5-2-3-6-16(13)21(22)9-10-24(12-21)20(27)15-11-14-17(23-19(15)26)7-4-8-18(14)25/h2-3,5-6,11H,4,7-10,12H2,1H3,(H,23,26). The predicted octanol–water partition coefficient (Wildman–Crippen LogP) is 2.91. The number of alkyl halides is 1. The molecule has 1 aliphatic carbocycles. The van der Waals surface area contributed by atoms with E-state index in [1.54, 1.807) is 12.1 Å². The first-order valence-electron chi connectivity index (χ1n) is 9.23. The molecule has 1 unspecified atom stereocenters. The first-order chi connectivity index (χ1) is 12.9. The molecule has 4 rings (SSSR count). The maximum Gasteiger partial charge on any atom is 0.261 e. The number of amides is 1. The third-order valence-electron chi connectivity index (χ3n) is 5.62. The number of carbonyl (C=O) groups is 2. The first-order valence-corrected chi connectivity index (χ1v) is 9.23. The number of aromatic nitrogens is 1. The minimum Gasteiger partial charge on any atom is -0.335 e. The summed E-state index contributed by atoms with van der Waals surface area (Å²) in [6, 6.07) is 8.62. The van der Waals surface area contributed by atoms with Gasteiger partial charge >= 0.3 is 0 Å². The molecule has 2 aliphatic rings. The van der Waals surface area contributed by atoms with Gasteiger partial charge in [-0.3, -0.25) is 14.4 Å². The van der Waals surface area contributed by atoms with Gasteiger partial charge in [0.1, 0.15) is 5.56 Å². The topological polar surface area (TPSA) is 70.2 Å². The van der Waals surface area contributed by atoms with Gasteiger partial charge in [0.05, 0.1) is 6.54 Å². The Bertz CT molecular complexity index is 997. The molecule has 1 amide bonds. The van der Waals surface area contributed by atoms with Crippen molar-refractivity contribution in [1.82, 2.24) is 9.88 Å². The van der Waals surface area contributed by atoms with Crippen LogP contribution in [0.1, 0.15) is 56.8 Å². The van der Waals surface area contributed by atoms with E-state index in [-0.39, 0.29) is 30.9 Å². The van der Waals surface area contributed by atoms with Crippen molar-refractivity contribution < 1.29 is 14.0 Å². The number of Topliss-reactive ketones (excluding diaryl/α,β-unsaturated/α-hetero) is 1. The van der Waals surface area contributed by atoms with E-state index in [9.17, 15) is 14.4 Å². The van der Waals surface area contributed by atoms with E-state index in [1.165, 1.54) is 11.0 Å². The molecule has 0 saturated carbocycles. The number of aryl methyl sites for hydroxylation is 2. The SMILES string of the molecule is Cc1ccccc1C1(F)CCN(C(=O)c2cc3c([nH]c2=O)CCCC3=O)C1. The monoisotopic (exact) mass is 368 g/mol. The smallest absolute Gasteiger partial charge is 0.261 e. The largest absolute Gasteiger partial charge is 0.335 e. The van der Waals surface area contributed by atoms with Crippen LogP contribution in [-0.4, -0.2) is 34.7 Å². The lowest BCUT2D eigenvalue weighted by atomic mass is 9.91. The highest BCUT2D eigenvalue weighted by atomic mass is 19.1. The Labute approximate surface area is 156 Å². The van der Waals surface area contributed by atoms with Crippen molar-refractivity contribution in [3.05, 3.63) is 68.6 Å². The lowest BCUT2D eigenvalue weighted by Gasteiger charge is -2.23. The Morgan fingerprint density at radius 1 is 1.22 bits per heavy atom. The molecule has 1 atom stereocenters.